The quantitative estimate of drug-likeness (QED) is 0.266. The molecule has 0 aliphatic rings. The highest BCUT2D eigenvalue weighted by Crippen LogP contribution is 1.93. The van der Waals surface area contributed by atoms with Gasteiger partial charge >= 0.3 is 11.9 Å². The van der Waals surface area contributed by atoms with Crippen LogP contribution in [0.3, 0.4) is 0 Å². The summed E-state index contributed by atoms with van der Waals surface area (Å²) in [5.74, 6) is -1.11. The van der Waals surface area contributed by atoms with Crippen LogP contribution in [0.5, 0.6) is 0 Å². The monoisotopic (exact) mass is 242 g/mol. The van der Waals surface area contributed by atoms with E-state index in [1.54, 1.807) is 6.92 Å². The van der Waals surface area contributed by atoms with Gasteiger partial charge in [0.05, 0.1) is 26.1 Å². The summed E-state index contributed by atoms with van der Waals surface area (Å²) >= 11 is 0. The van der Waals surface area contributed by atoms with E-state index in [-0.39, 0.29) is 6.61 Å². The van der Waals surface area contributed by atoms with E-state index in [1.165, 1.54) is 6.26 Å². The highest BCUT2D eigenvalue weighted by Gasteiger charge is 1.99. The second kappa shape index (κ2) is 10.7. The van der Waals surface area contributed by atoms with Crippen LogP contribution in [0, 0.1) is 0 Å². The van der Waals surface area contributed by atoms with E-state index in [1.807, 2.05) is 0 Å². The number of unbranched alkanes of at least 4 members (excludes halogenated alkanes) is 1. The lowest BCUT2D eigenvalue weighted by atomic mass is 10.3. The first-order chi connectivity index (χ1) is 8.20. The number of hydrogen-bond donors (Lipinski definition) is 0. The van der Waals surface area contributed by atoms with E-state index < -0.39 is 11.9 Å². The number of carbonyl (C=O) groups excluding carboxylic acids is 2. The second-order valence-corrected chi connectivity index (χ2v) is 3.00. The van der Waals surface area contributed by atoms with E-state index in [9.17, 15) is 9.59 Å². The van der Waals surface area contributed by atoms with Crippen molar-refractivity contribution >= 4 is 11.9 Å². The predicted molar refractivity (Wildman–Crippen MR) is 62.1 cm³/mol. The molecule has 0 N–H and O–H groups in total. The van der Waals surface area contributed by atoms with E-state index in [0.717, 1.165) is 18.6 Å². The van der Waals surface area contributed by atoms with Crippen molar-refractivity contribution in [3.05, 3.63) is 25.0 Å². The van der Waals surface area contributed by atoms with Gasteiger partial charge in [0.25, 0.3) is 0 Å². The summed E-state index contributed by atoms with van der Waals surface area (Å²) in [7, 11) is 0. The van der Waals surface area contributed by atoms with E-state index in [4.69, 9.17) is 9.47 Å². The zero-order valence-corrected chi connectivity index (χ0v) is 10.0. The summed E-state index contributed by atoms with van der Waals surface area (Å²) in [6.07, 6.45) is 4.95. The Morgan fingerprint density at radius 1 is 1.06 bits per heavy atom. The van der Waals surface area contributed by atoms with Crippen LogP contribution in [0.25, 0.3) is 0 Å². The Labute approximate surface area is 101 Å². The van der Waals surface area contributed by atoms with Crippen LogP contribution in [0.1, 0.15) is 19.8 Å². The normalized spacial score (nSPS) is 9.94. The highest BCUT2D eigenvalue weighted by atomic mass is 16.5. The Balaban J connectivity index is 3.52. The molecule has 0 bridgehead atoms. The standard InChI is InChI=1S/C12H18O5/c1-3-15-9-5-6-10-17-12(14)8-7-11(13)16-4-2/h3,7-8H,1,4-6,9-10H2,2H3. The number of rotatable bonds is 9. The summed E-state index contributed by atoms with van der Waals surface area (Å²) in [5.41, 5.74) is 0. The SMILES string of the molecule is C=COCCCCOC(=O)C=CC(=O)OCC. The van der Waals surface area contributed by atoms with Crippen LogP contribution in [0.2, 0.25) is 0 Å². The van der Waals surface area contributed by atoms with Gasteiger partial charge in [0.2, 0.25) is 0 Å². The molecule has 0 aliphatic carbocycles. The molecule has 0 fully saturated rings. The molecule has 0 rings (SSSR count). The lowest BCUT2D eigenvalue weighted by Crippen LogP contribution is -2.05. The third kappa shape index (κ3) is 10.5. The Kier molecular flexibility index (Phi) is 9.61. The molecule has 0 aromatic rings. The molecule has 17 heavy (non-hydrogen) atoms. The van der Waals surface area contributed by atoms with Gasteiger partial charge in [-0.25, -0.2) is 9.59 Å². The van der Waals surface area contributed by atoms with Crippen LogP contribution < -0.4 is 0 Å². The van der Waals surface area contributed by atoms with Crippen molar-refractivity contribution in [3.8, 4) is 0 Å². The average Bonchev–Trinajstić information content (AvgIpc) is 2.31. The fraction of sp³-hybridized carbons (Fsp3) is 0.500. The third-order valence-corrected chi connectivity index (χ3v) is 1.66. The summed E-state index contributed by atoms with van der Waals surface area (Å²) in [4.78, 5) is 21.9. The van der Waals surface area contributed by atoms with Gasteiger partial charge < -0.3 is 14.2 Å². The van der Waals surface area contributed by atoms with Gasteiger partial charge in [-0.1, -0.05) is 6.58 Å². The molecule has 0 aliphatic heterocycles. The molecule has 0 saturated carbocycles. The van der Waals surface area contributed by atoms with Crippen LogP contribution in [0.4, 0.5) is 0 Å². The maximum absolute atomic E-state index is 11.1. The molecule has 0 saturated heterocycles. The van der Waals surface area contributed by atoms with Gasteiger partial charge in [-0.3, -0.25) is 0 Å². The van der Waals surface area contributed by atoms with Crippen LogP contribution in [0.15, 0.2) is 25.0 Å². The molecule has 96 valence electrons. The van der Waals surface area contributed by atoms with Crippen molar-refractivity contribution in [2.75, 3.05) is 19.8 Å². The first kappa shape index (κ1) is 15.2. The summed E-state index contributed by atoms with van der Waals surface area (Å²) in [6.45, 7) is 6.22. The van der Waals surface area contributed by atoms with Crippen molar-refractivity contribution in [2.24, 2.45) is 0 Å². The largest absolute Gasteiger partial charge is 0.502 e. The van der Waals surface area contributed by atoms with Crippen LogP contribution in [-0.2, 0) is 23.8 Å². The van der Waals surface area contributed by atoms with Gasteiger partial charge in [0, 0.05) is 12.2 Å². The molecule has 0 aromatic carbocycles. The molecule has 5 heteroatoms. The second-order valence-electron chi connectivity index (χ2n) is 3.00. The highest BCUT2D eigenvalue weighted by molar-refractivity contribution is 5.91. The van der Waals surface area contributed by atoms with Crippen molar-refractivity contribution in [2.45, 2.75) is 19.8 Å². The minimum atomic E-state index is -0.553. The smallest absolute Gasteiger partial charge is 0.331 e. The number of carbonyl (C=O) groups is 2. The van der Waals surface area contributed by atoms with Gasteiger partial charge in [0.15, 0.2) is 0 Å². The lowest BCUT2D eigenvalue weighted by Gasteiger charge is -2.02. The molecule has 0 unspecified atom stereocenters. The fourth-order valence-corrected chi connectivity index (χ4v) is 0.918. The maximum Gasteiger partial charge on any atom is 0.331 e. The minimum Gasteiger partial charge on any atom is -0.502 e. The molecule has 0 radical (unpaired) electrons. The Morgan fingerprint density at radius 3 is 2.24 bits per heavy atom. The first-order valence-electron chi connectivity index (χ1n) is 5.44. The van der Waals surface area contributed by atoms with Gasteiger partial charge in [-0.2, -0.15) is 0 Å². The Hall–Kier alpha value is -1.78. The van der Waals surface area contributed by atoms with E-state index in [2.05, 4.69) is 11.3 Å². The van der Waals surface area contributed by atoms with Gasteiger partial charge in [-0.05, 0) is 19.8 Å². The van der Waals surface area contributed by atoms with Gasteiger partial charge in [-0.15, -0.1) is 0 Å². The van der Waals surface area contributed by atoms with Crippen molar-refractivity contribution < 1.29 is 23.8 Å². The van der Waals surface area contributed by atoms with Crippen LogP contribution >= 0.6 is 0 Å². The molecule has 0 spiro atoms. The lowest BCUT2D eigenvalue weighted by molar-refractivity contribution is -0.140. The fourth-order valence-electron chi connectivity index (χ4n) is 0.918. The average molecular weight is 242 g/mol. The van der Waals surface area contributed by atoms with Crippen molar-refractivity contribution in [1.29, 1.82) is 0 Å². The Bertz CT molecular complexity index is 270. The number of ether oxygens (including phenoxy) is 3. The Morgan fingerprint density at radius 2 is 1.65 bits per heavy atom. The maximum atomic E-state index is 11.1. The van der Waals surface area contributed by atoms with E-state index >= 15 is 0 Å². The third-order valence-electron chi connectivity index (χ3n) is 1.66. The minimum absolute atomic E-state index is 0.279. The number of esters is 2. The number of hydrogen-bond acceptors (Lipinski definition) is 5. The predicted octanol–water partition coefficient (Wildman–Crippen LogP) is 1.59. The molecular formula is C12H18O5. The first-order valence-corrected chi connectivity index (χ1v) is 5.44. The summed E-state index contributed by atoms with van der Waals surface area (Å²) in [5, 5.41) is 0. The van der Waals surface area contributed by atoms with Crippen molar-refractivity contribution in [3.63, 3.8) is 0 Å². The van der Waals surface area contributed by atoms with Crippen molar-refractivity contribution in [1.82, 2.24) is 0 Å². The molecule has 0 amide bonds. The molecule has 5 nitrogen and oxygen atoms in total. The summed E-state index contributed by atoms with van der Waals surface area (Å²) in [6, 6.07) is 0. The molecule has 0 atom stereocenters. The molecular weight excluding hydrogens is 224 g/mol. The molecule has 0 heterocycles. The topological polar surface area (TPSA) is 61.8 Å². The zero-order valence-electron chi connectivity index (χ0n) is 10.0. The van der Waals surface area contributed by atoms with E-state index in [0.29, 0.717) is 19.6 Å². The summed E-state index contributed by atoms with van der Waals surface area (Å²) < 4.78 is 14.3. The van der Waals surface area contributed by atoms with Gasteiger partial charge in [0.1, 0.15) is 0 Å². The zero-order chi connectivity index (χ0) is 12.9. The molecule has 0 aromatic heterocycles. The van der Waals surface area contributed by atoms with Crippen LogP contribution in [-0.4, -0.2) is 31.8 Å².